The van der Waals surface area contributed by atoms with Crippen LogP contribution >= 0.6 is 0 Å². The van der Waals surface area contributed by atoms with Gasteiger partial charge in [-0.25, -0.2) is 0 Å². The number of anilines is 1. The Morgan fingerprint density at radius 2 is 2.05 bits per heavy atom. The molecule has 1 amide bonds. The van der Waals surface area contributed by atoms with Crippen LogP contribution in [-0.2, 0) is 4.79 Å². The molecule has 2 N–H and O–H groups in total. The first-order chi connectivity index (χ1) is 9.07. The van der Waals surface area contributed by atoms with Gasteiger partial charge in [-0.2, -0.15) is 5.21 Å². The van der Waals surface area contributed by atoms with Crippen LogP contribution in [0.1, 0.15) is 45.4 Å². The fourth-order valence-electron chi connectivity index (χ4n) is 5.43. The maximum absolute atomic E-state index is 12.7. The standard InChI is InChI=1S/C13H19N5O/c1-12-3-8-2-9(4-12)6-13(5-8,7-12)10(19)14-11-15-17-18-16-11/h8-9H,2-7H2,1H3,(H2,14,15,16,17,18,19). The zero-order valence-corrected chi connectivity index (χ0v) is 11.1. The summed E-state index contributed by atoms with van der Waals surface area (Å²) in [5, 5.41) is 16.3. The van der Waals surface area contributed by atoms with Crippen LogP contribution in [0.3, 0.4) is 0 Å². The molecule has 6 nitrogen and oxygen atoms in total. The average Bonchev–Trinajstić information content (AvgIpc) is 2.78. The van der Waals surface area contributed by atoms with E-state index in [0.29, 0.717) is 11.4 Å². The van der Waals surface area contributed by atoms with E-state index in [1.54, 1.807) is 0 Å². The lowest BCUT2D eigenvalue weighted by molar-refractivity contribution is -0.149. The summed E-state index contributed by atoms with van der Waals surface area (Å²) in [4.78, 5) is 12.7. The first-order valence-corrected chi connectivity index (χ1v) is 7.12. The van der Waals surface area contributed by atoms with E-state index in [2.05, 4.69) is 32.9 Å². The van der Waals surface area contributed by atoms with E-state index in [1.165, 1.54) is 19.3 Å². The van der Waals surface area contributed by atoms with E-state index in [1.807, 2.05) is 0 Å². The third-order valence-corrected chi connectivity index (χ3v) is 5.41. The second kappa shape index (κ2) is 3.55. The van der Waals surface area contributed by atoms with Crippen LogP contribution < -0.4 is 5.32 Å². The zero-order chi connectivity index (χ0) is 13.1. The Hall–Kier alpha value is -1.46. The van der Waals surface area contributed by atoms with Gasteiger partial charge in [-0.1, -0.05) is 12.0 Å². The van der Waals surface area contributed by atoms with E-state index >= 15 is 0 Å². The number of nitrogens with zero attached hydrogens (tertiary/aromatic N) is 3. The summed E-state index contributed by atoms with van der Waals surface area (Å²) >= 11 is 0. The Bertz CT molecular complexity index is 497. The van der Waals surface area contributed by atoms with Gasteiger partial charge in [-0.05, 0) is 61.0 Å². The van der Waals surface area contributed by atoms with Gasteiger partial charge in [0.1, 0.15) is 0 Å². The zero-order valence-electron chi connectivity index (χ0n) is 11.1. The molecule has 0 aliphatic heterocycles. The Morgan fingerprint density at radius 3 is 2.63 bits per heavy atom. The molecule has 1 aromatic rings. The molecule has 0 radical (unpaired) electrons. The Labute approximate surface area is 111 Å². The van der Waals surface area contributed by atoms with Crippen molar-refractivity contribution >= 4 is 11.9 Å². The summed E-state index contributed by atoms with van der Waals surface area (Å²) in [6, 6.07) is 0. The SMILES string of the molecule is CC12CC3CC(C1)CC(C(=O)Nc1nn[nH]n1)(C3)C2. The molecule has 2 atom stereocenters. The van der Waals surface area contributed by atoms with E-state index in [4.69, 9.17) is 0 Å². The molecular formula is C13H19N5O. The predicted octanol–water partition coefficient (Wildman–Crippen LogP) is 1.74. The number of nitrogens with one attached hydrogen (secondary N) is 2. The molecule has 19 heavy (non-hydrogen) atoms. The number of hydrogen-bond donors (Lipinski definition) is 2. The third kappa shape index (κ3) is 1.69. The fourth-order valence-corrected chi connectivity index (χ4v) is 5.43. The van der Waals surface area contributed by atoms with Crippen molar-refractivity contribution in [3.05, 3.63) is 0 Å². The quantitative estimate of drug-likeness (QED) is 0.849. The van der Waals surface area contributed by atoms with Crippen molar-refractivity contribution in [1.29, 1.82) is 0 Å². The van der Waals surface area contributed by atoms with Gasteiger partial charge in [0, 0.05) is 0 Å². The van der Waals surface area contributed by atoms with Gasteiger partial charge in [-0.3, -0.25) is 10.1 Å². The summed E-state index contributed by atoms with van der Waals surface area (Å²) in [6.45, 7) is 2.36. The molecule has 4 fully saturated rings. The molecule has 4 aliphatic carbocycles. The van der Waals surface area contributed by atoms with Crippen molar-refractivity contribution in [3.8, 4) is 0 Å². The Balaban J connectivity index is 1.61. The molecule has 1 heterocycles. The number of H-pyrrole nitrogens is 1. The van der Waals surface area contributed by atoms with Gasteiger partial charge in [0.15, 0.2) is 0 Å². The Morgan fingerprint density at radius 1 is 1.32 bits per heavy atom. The van der Waals surface area contributed by atoms with E-state index in [-0.39, 0.29) is 11.3 Å². The lowest BCUT2D eigenvalue weighted by Crippen LogP contribution is -2.55. The maximum Gasteiger partial charge on any atom is 0.269 e. The highest BCUT2D eigenvalue weighted by molar-refractivity contribution is 5.94. The number of hydrogen-bond acceptors (Lipinski definition) is 4. The highest BCUT2D eigenvalue weighted by Crippen LogP contribution is 2.65. The largest absolute Gasteiger partial charge is 0.291 e. The molecule has 102 valence electrons. The van der Waals surface area contributed by atoms with Gasteiger partial charge < -0.3 is 0 Å². The van der Waals surface area contributed by atoms with Gasteiger partial charge in [-0.15, -0.1) is 5.10 Å². The van der Waals surface area contributed by atoms with Crippen LogP contribution in [0.25, 0.3) is 0 Å². The topological polar surface area (TPSA) is 83.6 Å². The van der Waals surface area contributed by atoms with Crippen LogP contribution in [0.4, 0.5) is 5.95 Å². The minimum absolute atomic E-state index is 0.106. The fraction of sp³-hybridized carbons (Fsp3) is 0.846. The van der Waals surface area contributed by atoms with Gasteiger partial charge >= 0.3 is 0 Å². The number of rotatable bonds is 2. The molecule has 1 aromatic heterocycles. The van der Waals surface area contributed by atoms with Crippen molar-refractivity contribution in [2.24, 2.45) is 22.7 Å². The molecule has 4 bridgehead atoms. The van der Waals surface area contributed by atoms with Gasteiger partial charge in [0.25, 0.3) is 5.95 Å². The first kappa shape index (κ1) is 11.4. The van der Waals surface area contributed by atoms with Crippen LogP contribution in [-0.4, -0.2) is 26.5 Å². The minimum atomic E-state index is -0.181. The smallest absolute Gasteiger partial charge is 0.269 e. The lowest BCUT2D eigenvalue weighted by atomic mass is 9.44. The highest BCUT2D eigenvalue weighted by atomic mass is 16.2. The summed E-state index contributed by atoms with van der Waals surface area (Å²) in [5.74, 6) is 1.88. The van der Waals surface area contributed by atoms with E-state index < -0.39 is 0 Å². The van der Waals surface area contributed by atoms with Crippen molar-refractivity contribution in [1.82, 2.24) is 20.6 Å². The van der Waals surface area contributed by atoms with Crippen molar-refractivity contribution in [2.75, 3.05) is 5.32 Å². The summed E-state index contributed by atoms with van der Waals surface area (Å²) < 4.78 is 0. The van der Waals surface area contributed by atoms with Gasteiger partial charge in [0.05, 0.1) is 5.41 Å². The van der Waals surface area contributed by atoms with E-state index in [9.17, 15) is 4.79 Å². The number of aromatic nitrogens is 4. The number of carbonyl (C=O) groups is 1. The minimum Gasteiger partial charge on any atom is -0.291 e. The van der Waals surface area contributed by atoms with Gasteiger partial charge in [0.2, 0.25) is 5.91 Å². The number of aromatic amines is 1. The van der Waals surface area contributed by atoms with Crippen molar-refractivity contribution in [2.45, 2.75) is 45.4 Å². The lowest BCUT2D eigenvalue weighted by Gasteiger charge is -2.60. The number of carbonyl (C=O) groups excluding carboxylic acids is 1. The monoisotopic (exact) mass is 261 g/mol. The molecule has 0 aromatic carbocycles. The number of tetrazole rings is 1. The molecule has 5 rings (SSSR count). The first-order valence-electron chi connectivity index (χ1n) is 7.12. The molecule has 6 heteroatoms. The maximum atomic E-state index is 12.7. The molecule has 0 saturated heterocycles. The second-order valence-electron chi connectivity index (χ2n) is 7.24. The molecule has 4 aliphatic rings. The third-order valence-electron chi connectivity index (χ3n) is 5.41. The summed E-state index contributed by atoms with van der Waals surface area (Å²) in [5.41, 5.74) is 0.193. The number of amides is 1. The van der Waals surface area contributed by atoms with Crippen LogP contribution in [0.15, 0.2) is 0 Å². The molecular weight excluding hydrogens is 242 g/mol. The molecule has 0 spiro atoms. The van der Waals surface area contributed by atoms with Crippen molar-refractivity contribution < 1.29 is 4.79 Å². The predicted molar refractivity (Wildman–Crippen MR) is 68.0 cm³/mol. The average molecular weight is 261 g/mol. The Kier molecular flexibility index (Phi) is 2.13. The van der Waals surface area contributed by atoms with Crippen LogP contribution in [0.2, 0.25) is 0 Å². The normalized spacial score (nSPS) is 43.4. The van der Waals surface area contributed by atoms with E-state index in [0.717, 1.165) is 31.1 Å². The van der Waals surface area contributed by atoms with Crippen molar-refractivity contribution in [3.63, 3.8) is 0 Å². The van der Waals surface area contributed by atoms with Crippen LogP contribution in [0.5, 0.6) is 0 Å². The molecule has 2 unspecified atom stereocenters. The second-order valence-corrected chi connectivity index (χ2v) is 7.24. The summed E-state index contributed by atoms with van der Waals surface area (Å²) in [7, 11) is 0. The molecule has 4 saturated carbocycles. The summed E-state index contributed by atoms with van der Waals surface area (Å²) in [6.07, 6.45) is 7.05. The van der Waals surface area contributed by atoms with Crippen LogP contribution in [0, 0.1) is 22.7 Å². The highest BCUT2D eigenvalue weighted by Gasteiger charge is 2.58.